The molecule has 6 nitrogen and oxygen atoms in total. The molecule has 39 heavy (non-hydrogen) atoms. The number of aromatic hydroxyl groups is 1. The van der Waals surface area contributed by atoms with Crippen LogP contribution in [0.5, 0.6) is 23.0 Å². The summed E-state index contributed by atoms with van der Waals surface area (Å²) in [5.74, 6) is 0.463. The summed E-state index contributed by atoms with van der Waals surface area (Å²) < 4.78 is 17.2. The fourth-order valence-electron chi connectivity index (χ4n) is 4.17. The molecule has 0 radical (unpaired) electrons. The number of ether oxygens (including phenoxy) is 3. The molecule has 0 spiro atoms. The van der Waals surface area contributed by atoms with Gasteiger partial charge in [0.05, 0.1) is 24.3 Å². The molecule has 6 heteroatoms. The molecule has 0 aliphatic rings. The molecule has 0 bridgehead atoms. The summed E-state index contributed by atoms with van der Waals surface area (Å²) in [7, 11) is 0. The number of hydrogen-bond acceptors (Lipinski definition) is 6. The smallest absolute Gasteiger partial charge is 0.343 e. The standard InChI is InChI=1S/C33H40O6/c1-4-6-8-10-22-37-27-16-12-25(13-17-27)32(35)31-24(3)29(34)20-21-30(31)39-33(36)26-14-18-28(19-15-26)38-23-11-9-7-5-2/h12-21,34H,4-11,22-23H2,1-3H3. The molecule has 0 aromatic heterocycles. The van der Waals surface area contributed by atoms with Crippen LogP contribution in [0.4, 0.5) is 0 Å². The SMILES string of the molecule is CCCCCCOc1ccc(C(=O)Oc2ccc(O)c(C)c2C(=O)c2ccc(OCCCCCC)cc2)cc1. The lowest BCUT2D eigenvalue weighted by atomic mass is 9.97. The van der Waals surface area contributed by atoms with E-state index in [0.29, 0.717) is 41.4 Å². The van der Waals surface area contributed by atoms with Crippen molar-refractivity contribution >= 4 is 11.8 Å². The third-order valence-corrected chi connectivity index (χ3v) is 6.57. The summed E-state index contributed by atoms with van der Waals surface area (Å²) in [5.41, 5.74) is 1.22. The summed E-state index contributed by atoms with van der Waals surface area (Å²) in [4.78, 5) is 26.4. The lowest BCUT2D eigenvalue weighted by Crippen LogP contribution is -2.13. The van der Waals surface area contributed by atoms with Crippen molar-refractivity contribution in [1.82, 2.24) is 0 Å². The molecule has 1 N–H and O–H groups in total. The van der Waals surface area contributed by atoms with Gasteiger partial charge in [0.1, 0.15) is 23.0 Å². The van der Waals surface area contributed by atoms with Crippen LogP contribution in [0, 0.1) is 6.92 Å². The maximum absolute atomic E-state index is 13.5. The fourth-order valence-corrected chi connectivity index (χ4v) is 4.17. The van der Waals surface area contributed by atoms with Crippen LogP contribution in [0.3, 0.4) is 0 Å². The fraction of sp³-hybridized carbons (Fsp3) is 0.394. The molecule has 0 unspecified atom stereocenters. The van der Waals surface area contributed by atoms with E-state index in [-0.39, 0.29) is 22.8 Å². The quantitative estimate of drug-likeness (QED) is 0.0869. The second-order valence-corrected chi connectivity index (χ2v) is 9.67. The van der Waals surface area contributed by atoms with Gasteiger partial charge in [0, 0.05) is 11.1 Å². The summed E-state index contributed by atoms with van der Waals surface area (Å²) in [5, 5.41) is 10.3. The van der Waals surface area contributed by atoms with Crippen LogP contribution in [0.25, 0.3) is 0 Å². The molecular weight excluding hydrogens is 492 g/mol. The Bertz CT molecular complexity index is 1200. The number of carbonyl (C=O) groups is 2. The molecule has 0 fully saturated rings. The van der Waals surface area contributed by atoms with E-state index < -0.39 is 5.97 Å². The Morgan fingerprint density at radius 2 is 1.18 bits per heavy atom. The predicted molar refractivity (Wildman–Crippen MR) is 153 cm³/mol. The second kappa shape index (κ2) is 15.6. The molecule has 3 aromatic carbocycles. The highest BCUT2D eigenvalue weighted by Gasteiger charge is 2.22. The number of phenols is 1. The van der Waals surface area contributed by atoms with Crippen molar-refractivity contribution in [3.05, 3.63) is 82.9 Å². The molecule has 0 aliphatic carbocycles. The minimum Gasteiger partial charge on any atom is -0.508 e. The van der Waals surface area contributed by atoms with Gasteiger partial charge in [-0.2, -0.15) is 0 Å². The average molecular weight is 533 g/mol. The Labute approximate surface area is 231 Å². The molecule has 0 atom stereocenters. The van der Waals surface area contributed by atoms with Crippen LogP contribution < -0.4 is 14.2 Å². The van der Waals surface area contributed by atoms with Gasteiger partial charge < -0.3 is 19.3 Å². The van der Waals surface area contributed by atoms with Gasteiger partial charge in [0.15, 0.2) is 5.78 Å². The highest BCUT2D eigenvalue weighted by atomic mass is 16.5. The molecule has 3 aromatic rings. The number of hydrogen-bond donors (Lipinski definition) is 1. The topological polar surface area (TPSA) is 82.1 Å². The predicted octanol–water partition coefficient (Wildman–Crippen LogP) is 8.07. The maximum Gasteiger partial charge on any atom is 0.343 e. The maximum atomic E-state index is 13.5. The Hall–Kier alpha value is -3.80. The second-order valence-electron chi connectivity index (χ2n) is 9.67. The first kappa shape index (κ1) is 29.8. The van der Waals surface area contributed by atoms with Gasteiger partial charge in [-0.25, -0.2) is 4.79 Å². The van der Waals surface area contributed by atoms with Crippen molar-refractivity contribution in [3.8, 4) is 23.0 Å². The first-order valence-electron chi connectivity index (χ1n) is 14.0. The van der Waals surface area contributed by atoms with Crippen LogP contribution in [0.2, 0.25) is 0 Å². The lowest BCUT2D eigenvalue weighted by molar-refractivity contribution is 0.0732. The van der Waals surface area contributed by atoms with Gasteiger partial charge in [-0.05, 0) is 80.4 Å². The molecular formula is C33H40O6. The third kappa shape index (κ3) is 8.88. The van der Waals surface area contributed by atoms with Crippen molar-refractivity contribution in [1.29, 1.82) is 0 Å². The molecule has 3 rings (SSSR count). The zero-order valence-electron chi connectivity index (χ0n) is 23.3. The first-order valence-corrected chi connectivity index (χ1v) is 14.0. The Balaban J connectivity index is 1.68. The van der Waals surface area contributed by atoms with E-state index in [9.17, 15) is 14.7 Å². The Kier molecular flexibility index (Phi) is 11.9. The molecule has 0 heterocycles. The minimum absolute atomic E-state index is 0.0504. The number of ketones is 1. The van der Waals surface area contributed by atoms with Crippen molar-refractivity contribution in [2.24, 2.45) is 0 Å². The van der Waals surface area contributed by atoms with Crippen LogP contribution in [-0.2, 0) is 0 Å². The van der Waals surface area contributed by atoms with Crippen LogP contribution >= 0.6 is 0 Å². The largest absolute Gasteiger partial charge is 0.508 e. The van der Waals surface area contributed by atoms with E-state index in [2.05, 4.69) is 13.8 Å². The third-order valence-electron chi connectivity index (χ3n) is 6.57. The number of benzene rings is 3. The van der Waals surface area contributed by atoms with E-state index in [1.54, 1.807) is 55.5 Å². The Morgan fingerprint density at radius 3 is 1.69 bits per heavy atom. The average Bonchev–Trinajstić information content (AvgIpc) is 2.95. The minimum atomic E-state index is -0.601. The van der Waals surface area contributed by atoms with Gasteiger partial charge in [-0.15, -0.1) is 0 Å². The van der Waals surface area contributed by atoms with E-state index in [0.717, 1.165) is 25.7 Å². The number of unbranched alkanes of at least 4 members (excludes halogenated alkanes) is 6. The molecule has 0 amide bonds. The van der Waals surface area contributed by atoms with E-state index in [1.165, 1.54) is 37.8 Å². The molecule has 0 saturated carbocycles. The van der Waals surface area contributed by atoms with E-state index >= 15 is 0 Å². The zero-order valence-corrected chi connectivity index (χ0v) is 23.3. The number of phenolic OH excluding ortho intramolecular Hbond substituents is 1. The van der Waals surface area contributed by atoms with E-state index in [4.69, 9.17) is 14.2 Å². The highest BCUT2D eigenvalue weighted by molar-refractivity contribution is 6.12. The summed E-state index contributed by atoms with van der Waals surface area (Å²) >= 11 is 0. The monoisotopic (exact) mass is 532 g/mol. The van der Waals surface area contributed by atoms with Gasteiger partial charge in [0.2, 0.25) is 0 Å². The number of carbonyl (C=O) groups excluding carboxylic acids is 2. The van der Waals surface area contributed by atoms with Crippen molar-refractivity contribution < 1.29 is 28.9 Å². The zero-order chi connectivity index (χ0) is 28.0. The van der Waals surface area contributed by atoms with Gasteiger partial charge in [-0.1, -0.05) is 52.4 Å². The van der Waals surface area contributed by atoms with Crippen LogP contribution in [0.1, 0.15) is 97.1 Å². The van der Waals surface area contributed by atoms with Crippen molar-refractivity contribution in [2.75, 3.05) is 13.2 Å². The summed E-state index contributed by atoms with van der Waals surface area (Å²) in [6.45, 7) is 7.22. The molecule has 208 valence electrons. The number of esters is 1. The lowest BCUT2D eigenvalue weighted by Gasteiger charge is -2.14. The highest BCUT2D eigenvalue weighted by Crippen LogP contribution is 2.32. The number of rotatable bonds is 16. The van der Waals surface area contributed by atoms with E-state index in [1.807, 2.05) is 0 Å². The summed E-state index contributed by atoms with van der Waals surface area (Å²) in [6.07, 6.45) is 8.95. The van der Waals surface area contributed by atoms with Gasteiger partial charge in [-0.3, -0.25) is 4.79 Å². The Morgan fingerprint density at radius 1 is 0.667 bits per heavy atom. The normalized spacial score (nSPS) is 10.7. The van der Waals surface area contributed by atoms with Crippen LogP contribution in [0.15, 0.2) is 60.7 Å². The van der Waals surface area contributed by atoms with Crippen molar-refractivity contribution in [2.45, 2.75) is 72.1 Å². The van der Waals surface area contributed by atoms with Gasteiger partial charge >= 0.3 is 5.97 Å². The first-order chi connectivity index (χ1) is 18.9. The van der Waals surface area contributed by atoms with Crippen molar-refractivity contribution in [3.63, 3.8) is 0 Å². The van der Waals surface area contributed by atoms with Crippen LogP contribution in [-0.4, -0.2) is 30.1 Å². The molecule has 0 aliphatic heterocycles. The summed E-state index contributed by atoms with van der Waals surface area (Å²) in [6, 6.07) is 16.5. The molecule has 0 saturated heterocycles. The van der Waals surface area contributed by atoms with Gasteiger partial charge in [0.25, 0.3) is 0 Å².